The second-order valence-corrected chi connectivity index (χ2v) is 7.98. The van der Waals surface area contributed by atoms with Crippen LogP contribution in [0.5, 0.6) is 5.75 Å². The van der Waals surface area contributed by atoms with E-state index in [0.29, 0.717) is 18.9 Å². The van der Waals surface area contributed by atoms with Crippen molar-refractivity contribution in [3.8, 4) is 5.75 Å². The van der Waals surface area contributed by atoms with Crippen LogP contribution in [0.4, 0.5) is 0 Å². The molecule has 0 aromatic heterocycles. The highest BCUT2D eigenvalue weighted by Gasteiger charge is 2.51. The van der Waals surface area contributed by atoms with Crippen LogP contribution in [-0.4, -0.2) is 50.8 Å². The maximum atomic E-state index is 12.4. The highest BCUT2D eigenvalue weighted by Crippen LogP contribution is 2.44. The molecule has 25 heavy (non-hydrogen) atoms. The number of ether oxygens (including phenoxy) is 2. The Balaban J connectivity index is 1.39. The number of hydrogen-bond acceptors (Lipinski definition) is 4. The number of fused-ring (bicyclic) bond motifs is 1. The minimum Gasteiger partial charge on any atom is -0.496 e. The number of carbonyl (C=O) groups is 1. The van der Waals surface area contributed by atoms with Crippen LogP contribution in [0.25, 0.3) is 0 Å². The second-order valence-electron chi connectivity index (χ2n) is 7.98. The minimum atomic E-state index is -0.0182. The summed E-state index contributed by atoms with van der Waals surface area (Å²) in [4.78, 5) is 14.9. The Morgan fingerprint density at radius 3 is 3.04 bits per heavy atom. The molecule has 4 rings (SSSR count). The van der Waals surface area contributed by atoms with Crippen molar-refractivity contribution in [2.45, 2.75) is 25.8 Å². The molecule has 1 N–H and O–H groups in total. The Morgan fingerprint density at radius 2 is 2.24 bits per heavy atom. The van der Waals surface area contributed by atoms with Crippen molar-refractivity contribution in [2.75, 3.05) is 40.0 Å². The summed E-state index contributed by atoms with van der Waals surface area (Å²) in [6, 6.07) is 8.19. The molecule has 1 aromatic carbocycles. The Labute approximate surface area is 149 Å². The van der Waals surface area contributed by atoms with E-state index < -0.39 is 0 Å². The number of benzene rings is 1. The van der Waals surface area contributed by atoms with Crippen molar-refractivity contribution in [1.82, 2.24) is 10.2 Å². The van der Waals surface area contributed by atoms with Crippen molar-refractivity contribution < 1.29 is 14.3 Å². The number of nitrogens with one attached hydrogen (secondary N) is 1. The van der Waals surface area contributed by atoms with E-state index in [2.05, 4.69) is 22.3 Å². The van der Waals surface area contributed by atoms with Crippen LogP contribution in [-0.2, 0) is 16.1 Å². The Morgan fingerprint density at radius 1 is 1.40 bits per heavy atom. The lowest BCUT2D eigenvalue weighted by atomic mass is 9.78. The lowest BCUT2D eigenvalue weighted by molar-refractivity contribution is -0.123. The van der Waals surface area contributed by atoms with E-state index in [1.54, 1.807) is 7.11 Å². The highest BCUT2D eigenvalue weighted by atomic mass is 16.5. The first-order valence-electron chi connectivity index (χ1n) is 9.37. The number of para-hydroxylation sites is 1. The number of nitrogens with zero attached hydrogens (tertiary/aromatic N) is 1. The van der Waals surface area contributed by atoms with Gasteiger partial charge in [0.2, 0.25) is 5.91 Å². The van der Waals surface area contributed by atoms with Crippen LogP contribution in [0.1, 0.15) is 24.8 Å². The summed E-state index contributed by atoms with van der Waals surface area (Å²) in [5.74, 6) is 2.31. The van der Waals surface area contributed by atoms with E-state index in [-0.39, 0.29) is 11.3 Å². The van der Waals surface area contributed by atoms with E-state index in [1.807, 2.05) is 12.1 Å². The summed E-state index contributed by atoms with van der Waals surface area (Å²) < 4.78 is 11.2. The molecular weight excluding hydrogens is 316 g/mol. The van der Waals surface area contributed by atoms with Crippen LogP contribution in [0.15, 0.2) is 24.3 Å². The number of amides is 1. The molecule has 2 aliphatic heterocycles. The number of hydrogen-bond donors (Lipinski definition) is 1. The first kappa shape index (κ1) is 16.9. The van der Waals surface area contributed by atoms with Gasteiger partial charge in [0.1, 0.15) is 5.75 Å². The molecule has 2 heterocycles. The van der Waals surface area contributed by atoms with Gasteiger partial charge in [-0.25, -0.2) is 0 Å². The summed E-state index contributed by atoms with van der Waals surface area (Å²) >= 11 is 0. The van der Waals surface area contributed by atoms with Crippen molar-refractivity contribution >= 4 is 5.91 Å². The van der Waals surface area contributed by atoms with Crippen LogP contribution in [0, 0.1) is 17.3 Å². The van der Waals surface area contributed by atoms with Gasteiger partial charge >= 0.3 is 0 Å². The smallest absolute Gasteiger partial charge is 0.220 e. The zero-order valence-electron chi connectivity index (χ0n) is 15.0. The van der Waals surface area contributed by atoms with Gasteiger partial charge in [-0.05, 0) is 24.8 Å². The van der Waals surface area contributed by atoms with Crippen molar-refractivity contribution in [3.63, 3.8) is 0 Å². The summed E-state index contributed by atoms with van der Waals surface area (Å²) in [6.45, 7) is 5.12. The quantitative estimate of drug-likeness (QED) is 0.823. The minimum absolute atomic E-state index is 0.0182. The monoisotopic (exact) mass is 344 g/mol. The molecule has 0 spiro atoms. The fraction of sp³-hybridized carbons (Fsp3) is 0.650. The molecule has 5 heteroatoms. The third-order valence-corrected chi connectivity index (χ3v) is 5.98. The summed E-state index contributed by atoms with van der Waals surface area (Å²) in [7, 11) is 1.72. The molecule has 3 fully saturated rings. The van der Waals surface area contributed by atoms with Crippen LogP contribution < -0.4 is 10.1 Å². The van der Waals surface area contributed by atoms with E-state index >= 15 is 0 Å². The molecule has 5 nitrogen and oxygen atoms in total. The molecule has 1 aromatic rings. The molecule has 0 unspecified atom stereocenters. The van der Waals surface area contributed by atoms with Crippen LogP contribution in [0.3, 0.4) is 0 Å². The molecule has 136 valence electrons. The van der Waals surface area contributed by atoms with Gasteiger partial charge in [0.25, 0.3) is 0 Å². The first-order chi connectivity index (χ1) is 12.2. The maximum absolute atomic E-state index is 12.4. The molecule has 3 aliphatic rings. The fourth-order valence-electron chi connectivity index (χ4n) is 4.35. The van der Waals surface area contributed by atoms with Gasteiger partial charge in [-0.1, -0.05) is 18.2 Å². The molecule has 1 aliphatic carbocycles. The molecule has 1 amide bonds. The highest BCUT2D eigenvalue weighted by molar-refractivity contribution is 5.77. The second kappa shape index (κ2) is 6.96. The van der Waals surface area contributed by atoms with Gasteiger partial charge in [-0.15, -0.1) is 0 Å². The van der Waals surface area contributed by atoms with Gasteiger partial charge in [0.05, 0.1) is 20.3 Å². The summed E-state index contributed by atoms with van der Waals surface area (Å²) in [5, 5.41) is 3.13. The van der Waals surface area contributed by atoms with Crippen molar-refractivity contribution in [2.24, 2.45) is 17.3 Å². The van der Waals surface area contributed by atoms with Gasteiger partial charge in [-0.2, -0.15) is 0 Å². The molecule has 2 saturated heterocycles. The molecule has 2 atom stereocenters. The predicted octanol–water partition coefficient (Wildman–Crippen LogP) is 2.06. The standard InChI is InChI=1S/C20H28N2O3/c1-24-18-5-3-2-4-16(18)10-22-11-17-12-25-14-20(17,13-22)8-19(23)21-9-15-6-7-15/h2-5,15,17H,6-14H2,1H3,(H,21,23)/t17-,20+/m0/s1. The third kappa shape index (κ3) is 3.67. The van der Waals surface area contributed by atoms with E-state index in [1.165, 1.54) is 18.4 Å². The first-order valence-corrected chi connectivity index (χ1v) is 9.37. The van der Waals surface area contributed by atoms with E-state index in [0.717, 1.165) is 44.5 Å². The number of methoxy groups -OCH3 is 1. The van der Waals surface area contributed by atoms with Gasteiger partial charge in [0, 0.05) is 49.5 Å². The average Bonchev–Trinajstić information content (AvgIpc) is 3.28. The molecular formula is C20H28N2O3. The average molecular weight is 344 g/mol. The molecule has 0 bridgehead atoms. The number of likely N-dealkylation sites (tertiary alicyclic amines) is 1. The number of rotatable bonds is 7. The SMILES string of the molecule is COc1ccccc1CN1C[C@H]2COC[C@@]2(CC(=O)NCC2CC2)C1. The van der Waals surface area contributed by atoms with E-state index in [4.69, 9.17) is 9.47 Å². The molecule has 0 radical (unpaired) electrons. The lowest BCUT2D eigenvalue weighted by Crippen LogP contribution is -2.38. The fourth-order valence-corrected chi connectivity index (χ4v) is 4.35. The van der Waals surface area contributed by atoms with Crippen molar-refractivity contribution in [1.29, 1.82) is 0 Å². The third-order valence-electron chi connectivity index (χ3n) is 5.98. The Bertz CT molecular complexity index is 631. The normalized spacial score (nSPS) is 28.8. The van der Waals surface area contributed by atoms with Gasteiger partial charge in [-0.3, -0.25) is 9.69 Å². The topological polar surface area (TPSA) is 50.8 Å². The zero-order valence-corrected chi connectivity index (χ0v) is 15.0. The zero-order chi connectivity index (χ0) is 17.3. The number of carbonyl (C=O) groups excluding carboxylic acids is 1. The molecule has 1 saturated carbocycles. The van der Waals surface area contributed by atoms with Gasteiger partial charge < -0.3 is 14.8 Å². The van der Waals surface area contributed by atoms with Gasteiger partial charge in [0.15, 0.2) is 0 Å². The Kier molecular flexibility index (Phi) is 4.69. The summed E-state index contributed by atoms with van der Waals surface area (Å²) in [6.07, 6.45) is 3.13. The van der Waals surface area contributed by atoms with Crippen molar-refractivity contribution in [3.05, 3.63) is 29.8 Å². The summed E-state index contributed by atoms with van der Waals surface area (Å²) in [5.41, 5.74) is 1.19. The maximum Gasteiger partial charge on any atom is 0.220 e. The Hall–Kier alpha value is -1.59. The lowest BCUT2D eigenvalue weighted by Gasteiger charge is -2.27. The van der Waals surface area contributed by atoms with E-state index in [9.17, 15) is 4.79 Å². The van der Waals surface area contributed by atoms with Crippen LogP contribution >= 0.6 is 0 Å². The van der Waals surface area contributed by atoms with Crippen LogP contribution in [0.2, 0.25) is 0 Å². The largest absolute Gasteiger partial charge is 0.496 e. The predicted molar refractivity (Wildman–Crippen MR) is 95.4 cm³/mol.